The van der Waals surface area contributed by atoms with Crippen LogP contribution in [0.5, 0.6) is 0 Å². The van der Waals surface area contributed by atoms with Crippen LogP contribution >= 0.6 is 15.9 Å². The van der Waals surface area contributed by atoms with Crippen molar-refractivity contribution in [2.45, 2.75) is 12.5 Å². The van der Waals surface area contributed by atoms with E-state index >= 15 is 0 Å². The smallest absolute Gasteiger partial charge is 0.320 e. The molecule has 0 unspecified atom stereocenters. The number of rotatable bonds is 3. The number of hydrogen-bond donors (Lipinski definition) is 3. The normalized spacial score (nSPS) is 12.9. The number of hydrogen-bond acceptors (Lipinski definition) is 3. The Morgan fingerprint density at radius 2 is 2.15 bits per heavy atom. The van der Waals surface area contributed by atoms with Gasteiger partial charge in [-0.3, -0.25) is 4.79 Å². The number of nitrogens with one attached hydrogen (secondary N) is 1. The summed E-state index contributed by atoms with van der Waals surface area (Å²) in [6.45, 7) is 0. The number of halogens is 1. The minimum Gasteiger partial charge on any atom is -0.480 e. The molecule has 1 atom stereocenters. The maximum atomic E-state index is 10.8. The van der Waals surface area contributed by atoms with Crippen molar-refractivity contribution in [3.05, 3.63) is 40.6 Å². The van der Waals surface area contributed by atoms with Crippen molar-refractivity contribution in [1.29, 1.82) is 0 Å². The molecule has 3 rings (SSSR count). The summed E-state index contributed by atoms with van der Waals surface area (Å²) in [5.74, 6) is -0.441. The Hall–Kier alpha value is -1.92. The lowest BCUT2D eigenvalue weighted by molar-refractivity contribution is -0.138. The average Bonchev–Trinajstić information content (AvgIpc) is 2.76. The number of nitrogens with two attached hydrogens (primary N) is 1. The number of aromatic amines is 1. The van der Waals surface area contributed by atoms with Crippen LogP contribution in [-0.4, -0.2) is 27.1 Å². The average molecular weight is 334 g/mol. The van der Waals surface area contributed by atoms with Gasteiger partial charge in [0.1, 0.15) is 11.9 Å². The van der Waals surface area contributed by atoms with Crippen molar-refractivity contribution >= 4 is 43.7 Å². The summed E-state index contributed by atoms with van der Waals surface area (Å²) in [4.78, 5) is 18.3. The summed E-state index contributed by atoms with van der Waals surface area (Å²) >= 11 is 3.44. The van der Waals surface area contributed by atoms with E-state index in [0.717, 1.165) is 26.3 Å². The van der Waals surface area contributed by atoms with Crippen LogP contribution < -0.4 is 5.73 Å². The van der Waals surface area contributed by atoms with E-state index in [1.807, 2.05) is 30.3 Å². The van der Waals surface area contributed by atoms with Gasteiger partial charge >= 0.3 is 5.97 Å². The number of H-pyrrole nitrogens is 1. The highest BCUT2D eigenvalue weighted by atomic mass is 79.9. The molecule has 0 amide bonds. The first kappa shape index (κ1) is 13.1. The summed E-state index contributed by atoms with van der Waals surface area (Å²) in [5, 5.41) is 11.0. The summed E-state index contributed by atoms with van der Waals surface area (Å²) in [6, 6.07) is 9.04. The van der Waals surface area contributed by atoms with Crippen LogP contribution in [0.2, 0.25) is 0 Å². The molecule has 0 bridgehead atoms. The van der Waals surface area contributed by atoms with Crippen molar-refractivity contribution < 1.29 is 9.90 Å². The van der Waals surface area contributed by atoms with Crippen LogP contribution in [0.4, 0.5) is 0 Å². The molecule has 2 aromatic carbocycles. The van der Waals surface area contributed by atoms with Crippen LogP contribution in [0.15, 0.2) is 34.8 Å². The minimum atomic E-state index is -1.03. The molecular weight excluding hydrogens is 322 g/mol. The third kappa shape index (κ3) is 2.39. The standard InChI is InChI=1S/C14H12BrN3O2/c15-9-2-1-7-4-11-12(5-8(7)3-9)18-13(17-11)6-10(16)14(19)20/h1-5,10H,6,16H2,(H,17,18)(H,19,20)/t10-/m0/s1. The molecule has 3 aromatic rings. The van der Waals surface area contributed by atoms with Crippen molar-refractivity contribution in [2.75, 3.05) is 0 Å². The van der Waals surface area contributed by atoms with Gasteiger partial charge in [-0.25, -0.2) is 4.98 Å². The molecule has 0 saturated heterocycles. The first-order valence-corrected chi connectivity index (χ1v) is 6.88. The van der Waals surface area contributed by atoms with Gasteiger partial charge in [0.15, 0.2) is 0 Å². The Labute approximate surface area is 122 Å². The molecule has 1 aromatic heterocycles. The third-order valence-corrected chi connectivity index (χ3v) is 3.67. The van der Waals surface area contributed by atoms with Crippen LogP contribution in [0.1, 0.15) is 5.82 Å². The van der Waals surface area contributed by atoms with E-state index in [1.54, 1.807) is 0 Å². The van der Waals surface area contributed by atoms with Crippen molar-refractivity contribution in [1.82, 2.24) is 9.97 Å². The van der Waals surface area contributed by atoms with Gasteiger partial charge < -0.3 is 15.8 Å². The Morgan fingerprint density at radius 3 is 2.90 bits per heavy atom. The number of carboxylic acids is 1. The molecule has 6 heteroatoms. The van der Waals surface area contributed by atoms with Gasteiger partial charge in [-0.15, -0.1) is 0 Å². The molecule has 1 heterocycles. The summed E-state index contributed by atoms with van der Waals surface area (Å²) < 4.78 is 1.01. The predicted octanol–water partition coefficient (Wildman–Crippen LogP) is 2.43. The van der Waals surface area contributed by atoms with Crippen molar-refractivity contribution in [3.63, 3.8) is 0 Å². The summed E-state index contributed by atoms with van der Waals surface area (Å²) in [6.07, 6.45) is 0.185. The number of carbonyl (C=O) groups is 1. The van der Waals surface area contributed by atoms with Gasteiger partial charge in [0.25, 0.3) is 0 Å². The number of aliphatic carboxylic acids is 1. The van der Waals surface area contributed by atoms with E-state index in [1.165, 1.54) is 0 Å². The third-order valence-electron chi connectivity index (χ3n) is 3.18. The molecule has 102 valence electrons. The van der Waals surface area contributed by atoms with Crippen LogP contribution in [0, 0.1) is 0 Å². The second kappa shape index (κ2) is 4.88. The van der Waals surface area contributed by atoms with Crippen LogP contribution in [0.3, 0.4) is 0 Å². The van der Waals surface area contributed by atoms with E-state index in [2.05, 4.69) is 25.9 Å². The molecule has 0 aliphatic heterocycles. The van der Waals surface area contributed by atoms with Gasteiger partial charge in [0, 0.05) is 10.9 Å². The molecular formula is C14H12BrN3O2. The fourth-order valence-corrected chi connectivity index (χ4v) is 2.55. The number of nitrogens with zero attached hydrogens (tertiary/aromatic N) is 1. The second-order valence-corrected chi connectivity index (χ2v) is 5.61. The van der Waals surface area contributed by atoms with E-state index in [4.69, 9.17) is 10.8 Å². The molecule has 4 N–H and O–H groups in total. The highest BCUT2D eigenvalue weighted by Gasteiger charge is 2.14. The Balaban J connectivity index is 2.06. The number of carboxylic acid groups (broad SMARTS) is 1. The highest BCUT2D eigenvalue weighted by molar-refractivity contribution is 9.10. The van der Waals surface area contributed by atoms with Gasteiger partial charge in [0.2, 0.25) is 0 Å². The van der Waals surface area contributed by atoms with E-state index < -0.39 is 12.0 Å². The number of aromatic nitrogens is 2. The van der Waals surface area contributed by atoms with Gasteiger partial charge in [-0.05, 0) is 35.0 Å². The summed E-state index contributed by atoms with van der Waals surface area (Å²) in [5.41, 5.74) is 7.21. The number of imidazole rings is 1. The van der Waals surface area contributed by atoms with Crippen molar-refractivity contribution in [3.8, 4) is 0 Å². The molecule has 20 heavy (non-hydrogen) atoms. The van der Waals surface area contributed by atoms with E-state index in [-0.39, 0.29) is 6.42 Å². The van der Waals surface area contributed by atoms with Gasteiger partial charge in [0.05, 0.1) is 11.0 Å². The quantitative estimate of drug-likeness (QED) is 0.686. The molecule has 0 spiro atoms. The van der Waals surface area contributed by atoms with Crippen LogP contribution in [0.25, 0.3) is 21.8 Å². The highest BCUT2D eigenvalue weighted by Crippen LogP contribution is 2.24. The predicted molar refractivity (Wildman–Crippen MR) is 80.6 cm³/mol. The molecule has 0 aliphatic carbocycles. The lowest BCUT2D eigenvalue weighted by Crippen LogP contribution is -2.32. The van der Waals surface area contributed by atoms with Gasteiger partial charge in [-0.1, -0.05) is 22.0 Å². The Kier molecular flexibility index (Phi) is 3.19. The zero-order chi connectivity index (χ0) is 14.3. The topological polar surface area (TPSA) is 92.0 Å². The second-order valence-electron chi connectivity index (χ2n) is 4.69. The van der Waals surface area contributed by atoms with Crippen LogP contribution in [-0.2, 0) is 11.2 Å². The van der Waals surface area contributed by atoms with Gasteiger partial charge in [-0.2, -0.15) is 0 Å². The fourth-order valence-electron chi connectivity index (χ4n) is 2.17. The maximum absolute atomic E-state index is 10.8. The first-order valence-electron chi connectivity index (χ1n) is 6.09. The maximum Gasteiger partial charge on any atom is 0.320 e. The zero-order valence-corrected chi connectivity index (χ0v) is 12.0. The molecule has 0 saturated carbocycles. The monoisotopic (exact) mass is 333 g/mol. The Bertz CT molecular complexity index is 813. The Morgan fingerprint density at radius 1 is 1.35 bits per heavy atom. The largest absolute Gasteiger partial charge is 0.480 e. The molecule has 0 aliphatic rings. The fraction of sp³-hybridized carbons (Fsp3) is 0.143. The van der Waals surface area contributed by atoms with E-state index in [9.17, 15) is 4.79 Å². The first-order chi connectivity index (χ1) is 9.52. The molecule has 5 nitrogen and oxygen atoms in total. The zero-order valence-electron chi connectivity index (χ0n) is 10.4. The molecule has 0 fully saturated rings. The lowest BCUT2D eigenvalue weighted by atomic mass is 10.1. The summed E-state index contributed by atoms with van der Waals surface area (Å²) in [7, 11) is 0. The molecule has 0 radical (unpaired) electrons. The number of fused-ring (bicyclic) bond motifs is 2. The van der Waals surface area contributed by atoms with Crippen molar-refractivity contribution in [2.24, 2.45) is 5.73 Å². The SMILES string of the molecule is N[C@@H](Cc1nc2cc3ccc(Br)cc3cc2[nH]1)C(=O)O. The number of benzene rings is 2. The lowest BCUT2D eigenvalue weighted by Gasteiger charge is -2.01. The minimum absolute atomic E-state index is 0.185. The van der Waals surface area contributed by atoms with E-state index in [0.29, 0.717) is 5.82 Å².